The smallest absolute Gasteiger partial charge is 0.227 e. The van der Waals surface area contributed by atoms with Crippen molar-refractivity contribution in [3.05, 3.63) is 0 Å². The number of nitrogens with one attached hydrogen (secondary N) is 2. The van der Waals surface area contributed by atoms with Gasteiger partial charge in [0.1, 0.15) is 0 Å². The van der Waals surface area contributed by atoms with Gasteiger partial charge in [-0.25, -0.2) is 0 Å². The normalized spacial score (nSPS) is 30.6. The number of hydrogen-bond acceptors (Lipinski definition) is 4. The first kappa shape index (κ1) is 13.8. The molecule has 5 nitrogen and oxygen atoms in total. The second-order valence-electron chi connectivity index (χ2n) is 5.38. The molecule has 0 spiro atoms. The number of amides is 1. The first-order valence-corrected chi connectivity index (χ1v) is 6.99. The van der Waals surface area contributed by atoms with E-state index in [0.717, 1.165) is 6.54 Å². The molecule has 2 fully saturated rings. The molecule has 2 N–H and O–H groups in total. The maximum Gasteiger partial charge on any atom is 0.227 e. The fourth-order valence-electron chi connectivity index (χ4n) is 2.79. The van der Waals surface area contributed by atoms with Gasteiger partial charge in [0, 0.05) is 18.6 Å². The number of likely N-dealkylation sites (N-methyl/N-ethyl adjacent to an activating group) is 1. The van der Waals surface area contributed by atoms with Gasteiger partial charge in [0.15, 0.2) is 0 Å². The maximum absolute atomic E-state index is 12.1. The predicted molar refractivity (Wildman–Crippen MR) is 70.4 cm³/mol. The van der Waals surface area contributed by atoms with E-state index in [9.17, 15) is 4.79 Å². The van der Waals surface area contributed by atoms with Crippen molar-refractivity contribution in [2.45, 2.75) is 31.8 Å². The van der Waals surface area contributed by atoms with Crippen molar-refractivity contribution in [2.24, 2.45) is 5.92 Å². The molecule has 18 heavy (non-hydrogen) atoms. The van der Waals surface area contributed by atoms with Gasteiger partial charge < -0.3 is 15.4 Å². The number of likely N-dealkylation sites (tertiary alicyclic amines) is 1. The third-order valence-electron chi connectivity index (χ3n) is 4.12. The van der Waals surface area contributed by atoms with Crippen LogP contribution in [-0.2, 0) is 9.53 Å². The summed E-state index contributed by atoms with van der Waals surface area (Å²) in [7, 11) is 1.88. The summed E-state index contributed by atoms with van der Waals surface area (Å²) in [4.78, 5) is 14.5. The van der Waals surface area contributed by atoms with Crippen LogP contribution in [0.1, 0.15) is 19.8 Å². The Bertz CT molecular complexity index is 279. The summed E-state index contributed by atoms with van der Waals surface area (Å²) in [6.07, 6.45) is 2.58. The molecule has 0 aromatic heterocycles. The minimum atomic E-state index is -0.0409. The average molecular weight is 255 g/mol. The van der Waals surface area contributed by atoms with Gasteiger partial charge in [-0.2, -0.15) is 0 Å². The summed E-state index contributed by atoms with van der Waals surface area (Å²) in [5.41, 5.74) is 0. The lowest BCUT2D eigenvalue weighted by atomic mass is 10.0. The molecule has 2 heterocycles. The van der Waals surface area contributed by atoms with Gasteiger partial charge in [-0.1, -0.05) is 0 Å². The van der Waals surface area contributed by atoms with Crippen LogP contribution in [0.5, 0.6) is 0 Å². The molecule has 0 radical (unpaired) electrons. The van der Waals surface area contributed by atoms with Gasteiger partial charge in [-0.3, -0.25) is 9.69 Å². The molecule has 2 aliphatic rings. The lowest BCUT2D eigenvalue weighted by molar-refractivity contribution is -0.125. The molecule has 1 amide bonds. The van der Waals surface area contributed by atoms with Crippen molar-refractivity contribution in [1.29, 1.82) is 0 Å². The number of carbonyl (C=O) groups is 1. The average Bonchev–Trinajstić information content (AvgIpc) is 3.04. The molecule has 0 aromatic carbocycles. The Labute approximate surface area is 109 Å². The summed E-state index contributed by atoms with van der Waals surface area (Å²) in [6.45, 7) is 6.44. The van der Waals surface area contributed by atoms with E-state index in [-0.39, 0.29) is 17.9 Å². The second-order valence-corrected chi connectivity index (χ2v) is 5.38. The zero-order valence-electron chi connectivity index (χ0n) is 11.4. The molecular weight excluding hydrogens is 230 g/mol. The number of hydrogen-bond donors (Lipinski definition) is 2. The van der Waals surface area contributed by atoms with Crippen LogP contribution in [0, 0.1) is 5.92 Å². The molecule has 0 aliphatic carbocycles. The van der Waals surface area contributed by atoms with Crippen LogP contribution in [0.3, 0.4) is 0 Å². The van der Waals surface area contributed by atoms with Crippen molar-refractivity contribution in [1.82, 2.24) is 15.5 Å². The van der Waals surface area contributed by atoms with E-state index in [2.05, 4.69) is 22.5 Å². The van der Waals surface area contributed by atoms with E-state index in [0.29, 0.717) is 19.3 Å². The van der Waals surface area contributed by atoms with Crippen molar-refractivity contribution >= 4 is 5.91 Å². The van der Waals surface area contributed by atoms with Crippen LogP contribution in [0.4, 0.5) is 0 Å². The zero-order valence-corrected chi connectivity index (χ0v) is 11.4. The molecule has 3 unspecified atom stereocenters. The highest BCUT2D eigenvalue weighted by Gasteiger charge is 2.33. The molecule has 0 saturated carbocycles. The van der Waals surface area contributed by atoms with Crippen LogP contribution in [0.2, 0.25) is 0 Å². The second kappa shape index (κ2) is 6.50. The number of ether oxygens (including phenoxy) is 1. The third-order valence-corrected chi connectivity index (χ3v) is 4.12. The van der Waals surface area contributed by atoms with Crippen molar-refractivity contribution < 1.29 is 9.53 Å². The SMILES string of the molecule is CNC1COCC1C(=O)NCC(C)N1CCCC1. The Morgan fingerprint density at radius 1 is 1.39 bits per heavy atom. The van der Waals surface area contributed by atoms with Gasteiger partial charge in [-0.15, -0.1) is 0 Å². The third kappa shape index (κ3) is 3.22. The van der Waals surface area contributed by atoms with Crippen LogP contribution in [0.25, 0.3) is 0 Å². The maximum atomic E-state index is 12.1. The first-order valence-electron chi connectivity index (χ1n) is 6.99. The van der Waals surface area contributed by atoms with E-state index in [1.807, 2.05) is 7.05 Å². The topological polar surface area (TPSA) is 53.6 Å². The van der Waals surface area contributed by atoms with E-state index in [4.69, 9.17) is 4.74 Å². The molecule has 2 aliphatic heterocycles. The lowest BCUT2D eigenvalue weighted by Crippen LogP contribution is -2.46. The predicted octanol–water partition coefficient (Wildman–Crippen LogP) is -0.179. The highest BCUT2D eigenvalue weighted by molar-refractivity contribution is 5.79. The molecule has 104 valence electrons. The van der Waals surface area contributed by atoms with Crippen LogP contribution >= 0.6 is 0 Å². The van der Waals surface area contributed by atoms with Gasteiger partial charge >= 0.3 is 0 Å². The van der Waals surface area contributed by atoms with Crippen LogP contribution < -0.4 is 10.6 Å². The van der Waals surface area contributed by atoms with E-state index < -0.39 is 0 Å². The zero-order chi connectivity index (χ0) is 13.0. The van der Waals surface area contributed by atoms with E-state index >= 15 is 0 Å². The van der Waals surface area contributed by atoms with Crippen LogP contribution in [0.15, 0.2) is 0 Å². The van der Waals surface area contributed by atoms with Crippen molar-refractivity contribution in [3.8, 4) is 0 Å². The fourth-order valence-corrected chi connectivity index (χ4v) is 2.79. The fraction of sp³-hybridized carbons (Fsp3) is 0.923. The van der Waals surface area contributed by atoms with Gasteiger partial charge in [0.05, 0.1) is 19.1 Å². The Hall–Kier alpha value is -0.650. The minimum absolute atomic E-state index is 0.0409. The number of rotatable bonds is 5. The van der Waals surface area contributed by atoms with Gasteiger partial charge in [0.2, 0.25) is 5.91 Å². The quantitative estimate of drug-likeness (QED) is 0.716. The molecule has 5 heteroatoms. The Kier molecular flexibility index (Phi) is 4.97. The standard InChI is InChI=1S/C13H25N3O2/c1-10(16-5-3-4-6-16)7-15-13(17)11-8-18-9-12(11)14-2/h10-12,14H,3-9H2,1-2H3,(H,15,17). The molecular formula is C13H25N3O2. The molecule has 2 saturated heterocycles. The summed E-state index contributed by atoms with van der Waals surface area (Å²) in [5, 5.41) is 6.21. The summed E-state index contributed by atoms with van der Waals surface area (Å²) in [5.74, 6) is 0.0821. The van der Waals surface area contributed by atoms with E-state index in [1.54, 1.807) is 0 Å². The summed E-state index contributed by atoms with van der Waals surface area (Å²) in [6, 6.07) is 0.596. The van der Waals surface area contributed by atoms with Crippen molar-refractivity contribution in [3.63, 3.8) is 0 Å². The summed E-state index contributed by atoms with van der Waals surface area (Å²) >= 11 is 0. The van der Waals surface area contributed by atoms with Crippen LogP contribution in [-0.4, -0.2) is 62.8 Å². The lowest BCUT2D eigenvalue weighted by Gasteiger charge is -2.25. The van der Waals surface area contributed by atoms with Gasteiger partial charge in [-0.05, 0) is 39.9 Å². The number of carbonyl (C=O) groups excluding carboxylic acids is 1. The molecule has 0 bridgehead atoms. The molecule has 0 aromatic rings. The molecule has 2 rings (SSSR count). The molecule has 3 atom stereocenters. The summed E-state index contributed by atoms with van der Waals surface area (Å²) < 4.78 is 5.35. The van der Waals surface area contributed by atoms with Gasteiger partial charge in [0.25, 0.3) is 0 Å². The Morgan fingerprint density at radius 3 is 2.78 bits per heavy atom. The highest BCUT2D eigenvalue weighted by atomic mass is 16.5. The van der Waals surface area contributed by atoms with Crippen molar-refractivity contribution in [2.75, 3.05) is 39.9 Å². The number of nitrogens with zero attached hydrogens (tertiary/aromatic N) is 1. The Morgan fingerprint density at radius 2 is 2.11 bits per heavy atom. The first-order chi connectivity index (χ1) is 8.72. The highest BCUT2D eigenvalue weighted by Crippen LogP contribution is 2.14. The largest absolute Gasteiger partial charge is 0.379 e. The monoisotopic (exact) mass is 255 g/mol. The Balaban J connectivity index is 1.73. The minimum Gasteiger partial charge on any atom is -0.379 e. The van der Waals surface area contributed by atoms with E-state index in [1.165, 1.54) is 25.9 Å².